The number of ether oxygens (including phenoxy) is 1. The zero-order valence-corrected chi connectivity index (χ0v) is 15.0. The molecule has 0 saturated carbocycles. The Morgan fingerprint density at radius 2 is 2.05 bits per heavy atom. The van der Waals surface area contributed by atoms with E-state index in [0.29, 0.717) is 33.1 Å². The summed E-state index contributed by atoms with van der Waals surface area (Å²) < 4.78 is 7.09. The lowest BCUT2D eigenvalue weighted by Gasteiger charge is -2.14. The summed E-state index contributed by atoms with van der Waals surface area (Å²) in [4.78, 5) is 12.3. The largest absolute Gasteiger partial charge is 0.491 e. The molecule has 0 radical (unpaired) electrons. The van der Waals surface area contributed by atoms with E-state index in [1.165, 1.54) is 0 Å². The molecule has 0 saturated heterocycles. The molecule has 3 nitrogen and oxygen atoms in total. The van der Waals surface area contributed by atoms with Crippen LogP contribution in [0.5, 0.6) is 5.75 Å². The predicted molar refractivity (Wildman–Crippen MR) is 92.4 cm³/mol. The van der Waals surface area contributed by atoms with Gasteiger partial charge in [0, 0.05) is 15.1 Å². The van der Waals surface area contributed by atoms with Crippen molar-refractivity contribution < 1.29 is 9.53 Å². The van der Waals surface area contributed by atoms with Crippen LogP contribution in [0.15, 0.2) is 45.3 Å². The van der Waals surface area contributed by atoms with Crippen LogP contribution in [0.2, 0.25) is 5.02 Å². The number of nitrogens with one attached hydrogen (secondary N) is 1. The lowest BCUT2D eigenvalue weighted by atomic mass is 10.2. The molecule has 6 heteroatoms. The third-order valence-corrected chi connectivity index (χ3v) is 3.93. The van der Waals surface area contributed by atoms with Gasteiger partial charge in [-0.25, -0.2) is 0 Å². The quantitative estimate of drug-likeness (QED) is 0.690. The molecule has 2 aromatic carbocycles. The molecule has 0 aliphatic heterocycles. The van der Waals surface area contributed by atoms with Crippen molar-refractivity contribution in [2.75, 3.05) is 11.9 Å². The van der Waals surface area contributed by atoms with Gasteiger partial charge in [0.05, 0.1) is 16.8 Å². The van der Waals surface area contributed by atoms with E-state index in [4.69, 9.17) is 16.3 Å². The molecule has 0 aliphatic carbocycles. The zero-order chi connectivity index (χ0) is 15.4. The molecule has 0 unspecified atom stereocenters. The van der Waals surface area contributed by atoms with Gasteiger partial charge >= 0.3 is 0 Å². The van der Waals surface area contributed by atoms with Crippen molar-refractivity contribution in [3.63, 3.8) is 0 Å². The van der Waals surface area contributed by atoms with Crippen molar-refractivity contribution in [3.8, 4) is 5.75 Å². The SMILES string of the molecule is CCOc1c(Br)cc(Cl)cc1NC(=O)c1cccc(Br)c1. The van der Waals surface area contributed by atoms with Crippen LogP contribution < -0.4 is 10.1 Å². The van der Waals surface area contributed by atoms with Crippen LogP contribution in [-0.4, -0.2) is 12.5 Å². The Morgan fingerprint density at radius 1 is 1.29 bits per heavy atom. The molecule has 0 bridgehead atoms. The van der Waals surface area contributed by atoms with Gasteiger partial charge in [-0.05, 0) is 53.2 Å². The first-order valence-electron chi connectivity index (χ1n) is 6.20. The van der Waals surface area contributed by atoms with Gasteiger partial charge in [-0.2, -0.15) is 0 Å². The molecule has 0 spiro atoms. The maximum Gasteiger partial charge on any atom is 0.255 e. The number of halogens is 3. The lowest BCUT2D eigenvalue weighted by Crippen LogP contribution is -2.13. The number of hydrogen-bond acceptors (Lipinski definition) is 2. The average Bonchev–Trinajstić information content (AvgIpc) is 2.42. The monoisotopic (exact) mass is 431 g/mol. The third-order valence-electron chi connectivity index (χ3n) is 2.63. The highest BCUT2D eigenvalue weighted by molar-refractivity contribution is 9.10. The fraction of sp³-hybridized carbons (Fsp3) is 0.133. The Balaban J connectivity index is 2.32. The van der Waals surface area contributed by atoms with Crippen molar-refractivity contribution >= 4 is 55.1 Å². The average molecular weight is 434 g/mol. The number of anilines is 1. The number of rotatable bonds is 4. The second-order valence-corrected chi connectivity index (χ2v) is 6.37. The van der Waals surface area contributed by atoms with Gasteiger partial charge in [0.15, 0.2) is 5.75 Å². The van der Waals surface area contributed by atoms with Crippen LogP contribution in [-0.2, 0) is 0 Å². The first kappa shape index (κ1) is 16.3. The van der Waals surface area contributed by atoms with Gasteiger partial charge in [0.25, 0.3) is 5.91 Å². The molecule has 1 amide bonds. The first-order valence-corrected chi connectivity index (χ1v) is 8.16. The maximum atomic E-state index is 12.3. The van der Waals surface area contributed by atoms with Crippen LogP contribution in [0, 0.1) is 0 Å². The molecule has 2 aromatic rings. The molecule has 0 aliphatic rings. The number of carbonyl (C=O) groups is 1. The standard InChI is InChI=1S/C15H12Br2ClNO2/c1-2-21-14-12(17)7-11(18)8-13(14)19-15(20)9-4-3-5-10(16)6-9/h3-8H,2H2,1H3,(H,19,20). The molecular formula is C15H12Br2ClNO2. The smallest absolute Gasteiger partial charge is 0.255 e. The molecule has 0 fully saturated rings. The number of benzene rings is 2. The summed E-state index contributed by atoms with van der Waals surface area (Å²) in [6.45, 7) is 2.36. The van der Waals surface area contributed by atoms with Gasteiger partial charge in [0.2, 0.25) is 0 Å². The molecule has 110 valence electrons. The number of amides is 1. The third kappa shape index (κ3) is 4.22. The van der Waals surface area contributed by atoms with Gasteiger partial charge in [-0.1, -0.05) is 33.6 Å². The molecule has 2 rings (SSSR count). The Hall–Kier alpha value is -1.04. The topological polar surface area (TPSA) is 38.3 Å². The van der Waals surface area contributed by atoms with Crippen LogP contribution in [0.1, 0.15) is 17.3 Å². The second-order valence-electron chi connectivity index (χ2n) is 4.16. The molecule has 21 heavy (non-hydrogen) atoms. The summed E-state index contributed by atoms with van der Waals surface area (Å²) in [7, 11) is 0. The highest BCUT2D eigenvalue weighted by atomic mass is 79.9. The zero-order valence-electron chi connectivity index (χ0n) is 11.1. The molecule has 0 atom stereocenters. The van der Waals surface area contributed by atoms with Gasteiger partial charge in [0.1, 0.15) is 0 Å². The van der Waals surface area contributed by atoms with E-state index in [9.17, 15) is 4.79 Å². The summed E-state index contributed by atoms with van der Waals surface area (Å²) >= 11 is 12.8. The van der Waals surface area contributed by atoms with Crippen molar-refractivity contribution in [2.24, 2.45) is 0 Å². The number of hydrogen-bond donors (Lipinski definition) is 1. The van der Waals surface area contributed by atoms with E-state index < -0.39 is 0 Å². The fourth-order valence-corrected chi connectivity index (χ4v) is 3.09. The minimum absolute atomic E-state index is 0.230. The molecular weight excluding hydrogens is 421 g/mol. The highest BCUT2D eigenvalue weighted by Crippen LogP contribution is 2.36. The summed E-state index contributed by atoms with van der Waals surface area (Å²) in [5.74, 6) is 0.330. The Bertz CT molecular complexity index is 677. The molecule has 0 heterocycles. The second kappa shape index (κ2) is 7.29. The van der Waals surface area contributed by atoms with E-state index in [0.717, 1.165) is 4.47 Å². The van der Waals surface area contributed by atoms with Crippen LogP contribution in [0.3, 0.4) is 0 Å². The summed E-state index contributed by atoms with van der Waals surface area (Å²) in [6, 6.07) is 10.5. The maximum absolute atomic E-state index is 12.3. The van der Waals surface area contributed by atoms with Crippen LogP contribution >= 0.6 is 43.5 Å². The van der Waals surface area contributed by atoms with Crippen LogP contribution in [0.25, 0.3) is 0 Å². The summed E-state index contributed by atoms with van der Waals surface area (Å²) in [5, 5.41) is 3.33. The first-order chi connectivity index (χ1) is 10.0. The van der Waals surface area contributed by atoms with E-state index in [1.54, 1.807) is 30.3 Å². The Labute approximate surface area is 144 Å². The highest BCUT2D eigenvalue weighted by Gasteiger charge is 2.14. The van der Waals surface area contributed by atoms with E-state index >= 15 is 0 Å². The molecule has 0 aromatic heterocycles. The minimum atomic E-state index is -0.230. The Morgan fingerprint density at radius 3 is 2.71 bits per heavy atom. The molecule has 1 N–H and O–H groups in total. The van der Waals surface area contributed by atoms with Gasteiger partial charge < -0.3 is 10.1 Å². The van der Waals surface area contributed by atoms with Crippen LogP contribution in [0.4, 0.5) is 5.69 Å². The summed E-state index contributed by atoms with van der Waals surface area (Å²) in [5.41, 5.74) is 1.07. The van der Waals surface area contributed by atoms with E-state index in [2.05, 4.69) is 37.2 Å². The van der Waals surface area contributed by atoms with Gasteiger partial charge in [-0.3, -0.25) is 4.79 Å². The van der Waals surface area contributed by atoms with E-state index in [1.807, 2.05) is 13.0 Å². The minimum Gasteiger partial charge on any atom is -0.491 e. The fourth-order valence-electron chi connectivity index (χ4n) is 1.77. The Kier molecular flexibility index (Phi) is 5.67. The number of carbonyl (C=O) groups excluding carboxylic acids is 1. The van der Waals surface area contributed by atoms with E-state index in [-0.39, 0.29) is 5.91 Å². The normalized spacial score (nSPS) is 10.3. The van der Waals surface area contributed by atoms with Crippen molar-refractivity contribution in [3.05, 3.63) is 55.9 Å². The van der Waals surface area contributed by atoms with Crippen molar-refractivity contribution in [2.45, 2.75) is 6.92 Å². The van der Waals surface area contributed by atoms with Crippen molar-refractivity contribution in [1.29, 1.82) is 0 Å². The van der Waals surface area contributed by atoms with Crippen molar-refractivity contribution in [1.82, 2.24) is 0 Å². The summed E-state index contributed by atoms with van der Waals surface area (Å²) in [6.07, 6.45) is 0. The lowest BCUT2D eigenvalue weighted by molar-refractivity contribution is 0.102. The predicted octanol–water partition coefficient (Wildman–Crippen LogP) is 5.52. The van der Waals surface area contributed by atoms with Gasteiger partial charge in [-0.15, -0.1) is 0 Å².